The second-order valence-electron chi connectivity index (χ2n) is 5.49. The lowest BCUT2D eigenvalue weighted by atomic mass is 9.81. The highest BCUT2D eigenvalue weighted by atomic mass is 35.5. The third-order valence-corrected chi connectivity index (χ3v) is 4.58. The summed E-state index contributed by atoms with van der Waals surface area (Å²) in [6, 6.07) is -0.271. The molecule has 1 heterocycles. The Bertz CT molecular complexity index is 557. The van der Waals surface area contributed by atoms with Crippen molar-refractivity contribution >= 4 is 23.3 Å². The van der Waals surface area contributed by atoms with Crippen LogP contribution in [-0.2, 0) is 4.79 Å². The Labute approximate surface area is 120 Å². The van der Waals surface area contributed by atoms with Gasteiger partial charge in [-0.15, -0.1) is 0 Å². The van der Waals surface area contributed by atoms with Crippen molar-refractivity contribution < 1.29 is 9.18 Å². The molecular formula is C12H15ClFN5O. The monoisotopic (exact) mass is 299 g/mol. The molecule has 0 aromatic carbocycles. The molecule has 108 valence electrons. The van der Waals surface area contributed by atoms with Crippen molar-refractivity contribution in [3.05, 3.63) is 17.3 Å². The fourth-order valence-corrected chi connectivity index (χ4v) is 3.74. The van der Waals surface area contributed by atoms with Gasteiger partial charge in [0.25, 0.3) is 0 Å². The zero-order valence-electron chi connectivity index (χ0n) is 10.6. The number of halogens is 2. The lowest BCUT2D eigenvalue weighted by Crippen LogP contribution is -2.48. The van der Waals surface area contributed by atoms with Crippen LogP contribution in [0.25, 0.3) is 0 Å². The number of aromatic nitrogens is 2. The Morgan fingerprint density at radius 1 is 1.50 bits per heavy atom. The number of nitrogens with zero attached hydrogens (tertiary/aromatic N) is 2. The minimum Gasteiger partial charge on any atom is -0.369 e. The van der Waals surface area contributed by atoms with Gasteiger partial charge in [-0.25, -0.2) is 9.37 Å². The predicted molar refractivity (Wildman–Crippen MR) is 71.3 cm³/mol. The number of hydrogen-bond acceptors (Lipinski definition) is 5. The first-order valence-corrected chi connectivity index (χ1v) is 6.84. The van der Waals surface area contributed by atoms with Crippen molar-refractivity contribution in [1.29, 1.82) is 0 Å². The molecule has 2 fully saturated rings. The van der Waals surface area contributed by atoms with Crippen molar-refractivity contribution in [2.45, 2.75) is 24.9 Å². The number of nitrogens with two attached hydrogens (primary N) is 2. The van der Waals surface area contributed by atoms with E-state index < -0.39 is 17.6 Å². The average molecular weight is 300 g/mol. The number of fused-ring (bicyclic) bond motifs is 2. The number of amides is 1. The molecule has 5 N–H and O–H groups in total. The van der Waals surface area contributed by atoms with E-state index in [1.165, 1.54) is 0 Å². The van der Waals surface area contributed by atoms with E-state index in [0.717, 1.165) is 19.0 Å². The normalized spacial score (nSPS) is 35.2. The van der Waals surface area contributed by atoms with Crippen LogP contribution in [0.2, 0.25) is 5.28 Å². The van der Waals surface area contributed by atoms with Gasteiger partial charge in [0.1, 0.15) is 0 Å². The zero-order chi connectivity index (χ0) is 14.4. The van der Waals surface area contributed by atoms with Gasteiger partial charge in [0.15, 0.2) is 11.6 Å². The fourth-order valence-electron chi connectivity index (χ4n) is 3.61. The first-order valence-electron chi connectivity index (χ1n) is 6.47. The smallest absolute Gasteiger partial charge is 0.224 e. The first kappa shape index (κ1) is 13.5. The number of carbonyl (C=O) groups excluding carboxylic acids is 1. The van der Waals surface area contributed by atoms with E-state index in [-0.39, 0.29) is 35.0 Å². The highest BCUT2D eigenvalue weighted by molar-refractivity contribution is 6.28. The molecule has 0 radical (unpaired) electrons. The fraction of sp³-hybridized carbons (Fsp3) is 0.583. The Morgan fingerprint density at radius 3 is 2.95 bits per heavy atom. The van der Waals surface area contributed by atoms with Crippen LogP contribution in [0.4, 0.5) is 10.2 Å². The maximum absolute atomic E-state index is 13.7. The molecule has 0 unspecified atom stereocenters. The average Bonchev–Trinajstić information content (AvgIpc) is 2.90. The van der Waals surface area contributed by atoms with Gasteiger partial charge in [-0.1, -0.05) is 0 Å². The summed E-state index contributed by atoms with van der Waals surface area (Å²) in [5.41, 5.74) is 11.5. The summed E-state index contributed by atoms with van der Waals surface area (Å²) in [4.78, 5) is 19.0. The number of primary amides is 1. The number of nitrogens with one attached hydrogen (secondary N) is 1. The van der Waals surface area contributed by atoms with E-state index >= 15 is 0 Å². The van der Waals surface area contributed by atoms with E-state index in [1.807, 2.05) is 0 Å². The van der Waals surface area contributed by atoms with E-state index in [9.17, 15) is 9.18 Å². The van der Waals surface area contributed by atoms with Crippen LogP contribution in [0.5, 0.6) is 0 Å². The second-order valence-corrected chi connectivity index (χ2v) is 5.83. The van der Waals surface area contributed by atoms with Crippen LogP contribution >= 0.6 is 11.6 Å². The van der Waals surface area contributed by atoms with Crippen LogP contribution in [0, 0.1) is 23.6 Å². The van der Waals surface area contributed by atoms with Gasteiger partial charge in [-0.3, -0.25) is 4.79 Å². The molecule has 2 aliphatic carbocycles. The molecule has 8 heteroatoms. The van der Waals surface area contributed by atoms with Crippen LogP contribution in [0.1, 0.15) is 12.8 Å². The predicted octanol–water partition coefficient (Wildman–Crippen LogP) is 0.518. The molecule has 0 spiro atoms. The van der Waals surface area contributed by atoms with E-state index in [4.69, 9.17) is 23.1 Å². The minimum atomic E-state index is -0.607. The Balaban J connectivity index is 1.86. The van der Waals surface area contributed by atoms with E-state index in [1.54, 1.807) is 0 Å². The molecule has 2 saturated carbocycles. The molecule has 0 saturated heterocycles. The number of carbonyl (C=O) groups is 1. The molecule has 1 aromatic rings. The summed E-state index contributed by atoms with van der Waals surface area (Å²) >= 11 is 5.66. The van der Waals surface area contributed by atoms with E-state index in [0.29, 0.717) is 0 Å². The second kappa shape index (κ2) is 4.82. The molecule has 1 amide bonds. The van der Waals surface area contributed by atoms with Gasteiger partial charge < -0.3 is 16.8 Å². The third kappa shape index (κ3) is 2.10. The minimum absolute atomic E-state index is 0.00220. The Kier molecular flexibility index (Phi) is 3.25. The van der Waals surface area contributed by atoms with Gasteiger partial charge >= 0.3 is 0 Å². The van der Waals surface area contributed by atoms with Gasteiger partial charge in [0.2, 0.25) is 11.2 Å². The summed E-state index contributed by atoms with van der Waals surface area (Å²) in [6.07, 6.45) is 2.62. The van der Waals surface area contributed by atoms with Crippen molar-refractivity contribution in [1.82, 2.24) is 9.97 Å². The van der Waals surface area contributed by atoms with Crippen LogP contribution in [-0.4, -0.2) is 28.0 Å². The maximum Gasteiger partial charge on any atom is 0.224 e. The summed E-state index contributed by atoms with van der Waals surface area (Å²) in [5, 5.41) is 2.91. The van der Waals surface area contributed by atoms with Crippen molar-refractivity contribution in [2.24, 2.45) is 29.2 Å². The van der Waals surface area contributed by atoms with Crippen molar-refractivity contribution in [2.75, 3.05) is 5.32 Å². The lowest BCUT2D eigenvalue weighted by molar-refractivity contribution is -0.123. The summed E-state index contributed by atoms with van der Waals surface area (Å²) < 4.78 is 13.7. The van der Waals surface area contributed by atoms with Crippen molar-refractivity contribution in [3.8, 4) is 0 Å². The SMILES string of the molecule is NC(=O)[C@H]1[C@H]2C[C@H](C[C@@H]2N)[C@H]1Nc1nc(Cl)ncc1F. The lowest BCUT2D eigenvalue weighted by Gasteiger charge is -2.33. The molecular weight excluding hydrogens is 285 g/mol. The Hall–Kier alpha value is -1.47. The molecule has 5 atom stereocenters. The number of anilines is 1. The quantitative estimate of drug-likeness (QED) is 0.705. The van der Waals surface area contributed by atoms with Gasteiger partial charge in [-0.2, -0.15) is 4.98 Å². The third-order valence-electron chi connectivity index (χ3n) is 4.40. The topological polar surface area (TPSA) is 107 Å². The van der Waals surface area contributed by atoms with Crippen LogP contribution in [0.3, 0.4) is 0 Å². The van der Waals surface area contributed by atoms with Gasteiger partial charge in [0, 0.05) is 12.1 Å². The molecule has 3 rings (SSSR count). The number of rotatable bonds is 3. The first-order chi connectivity index (χ1) is 9.47. The summed E-state index contributed by atoms with van der Waals surface area (Å²) in [7, 11) is 0. The number of hydrogen-bond donors (Lipinski definition) is 3. The van der Waals surface area contributed by atoms with Crippen molar-refractivity contribution in [3.63, 3.8) is 0 Å². The largest absolute Gasteiger partial charge is 0.369 e. The van der Waals surface area contributed by atoms with Gasteiger partial charge in [-0.05, 0) is 36.3 Å². The highest BCUT2D eigenvalue weighted by Gasteiger charge is 2.54. The van der Waals surface area contributed by atoms with E-state index in [2.05, 4.69) is 15.3 Å². The maximum atomic E-state index is 13.7. The van der Waals surface area contributed by atoms with Crippen LogP contribution in [0.15, 0.2) is 6.20 Å². The molecule has 1 aromatic heterocycles. The Morgan fingerprint density at radius 2 is 2.25 bits per heavy atom. The molecule has 2 bridgehead atoms. The van der Waals surface area contributed by atoms with Gasteiger partial charge in [0.05, 0.1) is 12.1 Å². The summed E-state index contributed by atoms with van der Waals surface area (Å²) in [6.45, 7) is 0. The zero-order valence-corrected chi connectivity index (χ0v) is 11.3. The molecule has 0 aliphatic heterocycles. The molecule has 20 heavy (non-hydrogen) atoms. The van der Waals surface area contributed by atoms with Crippen LogP contribution < -0.4 is 16.8 Å². The molecule has 6 nitrogen and oxygen atoms in total. The standard InChI is InChI=1S/C12H15ClFN5O/c13-12-17-3-6(14)11(19-12)18-9-4-1-5(7(15)2-4)8(9)10(16)20/h3-5,7-9H,1-2,15H2,(H2,16,20)(H,17,18,19)/t4-,5+,7+,8+,9-/m1/s1. The summed E-state index contributed by atoms with van der Waals surface area (Å²) in [5.74, 6) is -1.18. The highest BCUT2D eigenvalue weighted by Crippen LogP contribution is 2.48. The molecule has 2 aliphatic rings.